The Morgan fingerprint density at radius 3 is 2.50 bits per heavy atom. The molecule has 1 rings (SSSR count). The molecule has 0 aromatic carbocycles. The molecular weight excluding hydrogens is 200 g/mol. The van der Waals surface area contributed by atoms with E-state index >= 15 is 0 Å². The van der Waals surface area contributed by atoms with Crippen molar-refractivity contribution in [1.82, 2.24) is 0 Å². The Bertz CT molecular complexity index is 388. The van der Waals surface area contributed by atoms with Crippen LogP contribution in [0.5, 0.6) is 0 Å². The molecule has 0 radical (unpaired) electrons. The number of hydrogen-bond acceptors (Lipinski definition) is 2. The molecule has 0 spiro atoms. The smallest absolute Gasteiger partial charge is 0.333 e. The van der Waals surface area contributed by atoms with Crippen molar-refractivity contribution in [3.05, 3.63) is 35.5 Å². The van der Waals surface area contributed by atoms with Gasteiger partial charge in [-0.25, -0.2) is 4.79 Å². The van der Waals surface area contributed by atoms with Gasteiger partial charge in [0, 0.05) is 11.5 Å². The fourth-order valence-electron chi connectivity index (χ4n) is 1.76. The van der Waals surface area contributed by atoms with Crippen molar-refractivity contribution < 1.29 is 9.53 Å². The molecule has 1 aliphatic rings. The number of esters is 1. The van der Waals surface area contributed by atoms with Gasteiger partial charge >= 0.3 is 5.97 Å². The number of ether oxygens (including phenoxy) is 1. The van der Waals surface area contributed by atoms with Crippen LogP contribution in [-0.2, 0) is 9.53 Å². The first-order chi connectivity index (χ1) is 7.26. The van der Waals surface area contributed by atoms with Crippen LogP contribution in [0.4, 0.5) is 0 Å². The summed E-state index contributed by atoms with van der Waals surface area (Å²) in [4.78, 5) is 11.6. The Morgan fingerprint density at radius 1 is 1.44 bits per heavy atom. The Balaban J connectivity index is 2.95. The van der Waals surface area contributed by atoms with E-state index in [1.165, 1.54) is 5.57 Å². The van der Waals surface area contributed by atoms with Crippen molar-refractivity contribution in [2.75, 3.05) is 0 Å². The fourth-order valence-corrected chi connectivity index (χ4v) is 1.76. The normalized spacial score (nSPS) is 29.2. The maximum atomic E-state index is 11.6. The molecule has 0 saturated heterocycles. The largest absolute Gasteiger partial charge is 0.451 e. The lowest BCUT2D eigenvalue weighted by Gasteiger charge is -2.35. The predicted octanol–water partition coefficient (Wildman–Crippen LogP) is 3.41. The third-order valence-corrected chi connectivity index (χ3v) is 3.19. The molecule has 0 fully saturated rings. The van der Waals surface area contributed by atoms with Gasteiger partial charge in [0.2, 0.25) is 0 Å². The molecule has 0 aromatic heterocycles. The molecule has 0 N–H and O–H groups in total. The molecular formula is C14H20O2. The summed E-state index contributed by atoms with van der Waals surface area (Å²) in [5.74, 6) is -0.147. The molecule has 0 aliphatic heterocycles. The van der Waals surface area contributed by atoms with Gasteiger partial charge in [-0.05, 0) is 39.3 Å². The fraction of sp³-hybridized carbons (Fsp3) is 0.500. The van der Waals surface area contributed by atoms with Gasteiger partial charge in [-0.2, -0.15) is 0 Å². The van der Waals surface area contributed by atoms with Crippen LogP contribution in [-0.4, -0.2) is 11.6 Å². The molecule has 2 unspecified atom stereocenters. The van der Waals surface area contributed by atoms with Gasteiger partial charge in [0.25, 0.3) is 0 Å². The highest BCUT2D eigenvalue weighted by molar-refractivity contribution is 5.87. The summed E-state index contributed by atoms with van der Waals surface area (Å²) in [5.41, 5.74) is 2.29. The first-order valence-corrected chi connectivity index (χ1v) is 5.53. The van der Waals surface area contributed by atoms with Gasteiger partial charge < -0.3 is 4.74 Å². The SMILES string of the molecule is C=C(C)C(=O)OC1(C)C=C(C)C(C)=CC1C. The standard InChI is InChI=1S/C14H20O2/c1-9(2)13(15)16-14(6)8-11(4)10(3)7-12(14)5/h7-8,12H,1H2,2-6H3. The number of allylic oxidation sites excluding steroid dienone is 2. The van der Waals surface area contributed by atoms with Crippen LogP contribution < -0.4 is 0 Å². The van der Waals surface area contributed by atoms with E-state index in [1.54, 1.807) is 6.92 Å². The summed E-state index contributed by atoms with van der Waals surface area (Å²) >= 11 is 0. The third kappa shape index (κ3) is 2.43. The summed E-state index contributed by atoms with van der Waals surface area (Å²) in [7, 11) is 0. The number of hydrogen-bond donors (Lipinski definition) is 0. The van der Waals surface area contributed by atoms with Crippen LogP contribution in [0.2, 0.25) is 0 Å². The van der Waals surface area contributed by atoms with Gasteiger partial charge in [-0.1, -0.05) is 25.2 Å². The molecule has 16 heavy (non-hydrogen) atoms. The zero-order chi connectivity index (χ0) is 12.5. The van der Waals surface area contributed by atoms with Crippen molar-refractivity contribution in [2.24, 2.45) is 5.92 Å². The second-order valence-corrected chi connectivity index (χ2v) is 4.82. The van der Waals surface area contributed by atoms with Crippen molar-refractivity contribution in [3.8, 4) is 0 Å². The molecule has 0 amide bonds. The lowest BCUT2D eigenvalue weighted by molar-refractivity contribution is -0.151. The van der Waals surface area contributed by atoms with E-state index in [0.717, 1.165) is 5.57 Å². The first kappa shape index (κ1) is 12.8. The summed E-state index contributed by atoms with van der Waals surface area (Å²) < 4.78 is 5.51. The third-order valence-electron chi connectivity index (χ3n) is 3.19. The molecule has 88 valence electrons. The molecule has 0 saturated carbocycles. The van der Waals surface area contributed by atoms with Crippen molar-refractivity contribution in [2.45, 2.75) is 40.2 Å². The lowest BCUT2D eigenvalue weighted by atomic mass is 9.81. The van der Waals surface area contributed by atoms with Gasteiger partial charge in [0.15, 0.2) is 0 Å². The number of rotatable bonds is 2. The van der Waals surface area contributed by atoms with Crippen molar-refractivity contribution in [3.63, 3.8) is 0 Å². The van der Waals surface area contributed by atoms with Gasteiger partial charge in [-0.3, -0.25) is 0 Å². The topological polar surface area (TPSA) is 26.3 Å². The Morgan fingerprint density at radius 2 is 2.00 bits per heavy atom. The van der Waals surface area contributed by atoms with E-state index in [4.69, 9.17) is 4.74 Å². The second-order valence-electron chi connectivity index (χ2n) is 4.82. The summed E-state index contributed by atoms with van der Waals surface area (Å²) in [5, 5.41) is 0. The highest BCUT2D eigenvalue weighted by atomic mass is 16.6. The summed E-state index contributed by atoms with van der Waals surface area (Å²) in [6.45, 7) is 13.4. The highest BCUT2D eigenvalue weighted by Crippen LogP contribution is 2.33. The highest BCUT2D eigenvalue weighted by Gasteiger charge is 2.34. The van der Waals surface area contributed by atoms with Crippen molar-refractivity contribution in [1.29, 1.82) is 0 Å². The van der Waals surface area contributed by atoms with Gasteiger partial charge in [0.05, 0.1) is 0 Å². The summed E-state index contributed by atoms with van der Waals surface area (Å²) in [6, 6.07) is 0. The molecule has 0 heterocycles. The molecule has 2 nitrogen and oxygen atoms in total. The summed E-state index contributed by atoms with van der Waals surface area (Å²) in [6.07, 6.45) is 4.16. The zero-order valence-electron chi connectivity index (χ0n) is 10.8. The minimum Gasteiger partial charge on any atom is -0.451 e. The Kier molecular flexibility index (Phi) is 3.41. The average Bonchev–Trinajstić information content (AvgIpc) is 2.14. The number of carbonyl (C=O) groups excluding carboxylic acids is 1. The van der Waals surface area contributed by atoms with Crippen LogP contribution in [0.1, 0.15) is 34.6 Å². The predicted molar refractivity (Wildman–Crippen MR) is 66.0 cm³/mol. The molecule has 1 aliphatic carbocycles. The molecule has 2 heteroatoms. The van der Waals surface area contributed by atoms with Crippen LogP contribution in [0.3, 0.4) is 0 Å². The van der Waals surface area contributed by atoms with E-state index in [0.29, 0.717) is 5.57 Å². The zero-order valence-corrected chi connectivity index (χ0v) is 10.8. The average molecular weight is 220 g/mol. The van der Waals surface area contributed by atoms with Gasteiger partial charge in [0.1, 0.15) is 5.60 Å². The van der Waals surface area contributed by atoms with E-state index in [2.05, 4.69) is 26.5 Å². The molecule has 2 atom stereocenters. The maximum absolute atomic E-state index is 11.6. The maximum Gasteiger partial charge on any atom is 0.333 e. The second kappa shape index (κ2) is 4.28. The van der Waals surface area contributed by atoms with Crippen LogP contribution in [0, 0.1) is 5.92 Å². The Labute approximate surface area is 97.7 Å². The quantitative estimate of drug-likeness (QED) is 0.526. The molecule has 0 aromatic rings. The van der Waals surface area contributed by atoms with Crippen LogP contribution in [0.15, 0.2) is 35.5 Å². The van der Waals surface area contributed by atoms with E-state index in [1.807, 2.05) is 19.9 Å². The van der Waals surface area contributed by atoms with E-state index in [-0.39, 0.29) is 11.9 Å². The molecule has 0 bridgehead atoms. The van der Waals surface area contributed by atoms with Crippen LogP contribution in [0.25, 0.3) is 0 Å². The number of carbonyl (C=O) groups is 1. The first-order valence-electron chi connectivity index (χ1n) is 5.53. The lowest BCUT2D eigenvalue weighted by Crippen LogP contribution is -2.38. The minimum absolute atomic E-state index is 0.180. The monoisotopic (exact) mass is 220 g/mol. The Hall–Kier alpha value is -1.31. The van der Waals surface area contributed by atoms with Gasteiger partial charge in [-0.15, -0.1) is 0 Å². The minimum atomic E-state index is -0.556. The van der Waals surface area contributed by atoms with Crippen LogP contribution >= 0.6 is 0 Å². The van der Waals surface area contributed by atoms with E-state index in [9.17, 15) is 4.79 Å². The van der Waals surface area contributed by atoms with E-state index < -0.39 is 5.60 Å². The van der Waals surface area contributed by atoms with Crippen molar-refractivity contribution >= 4 is 5.97 Å².